The van der Waals surface area contributed by atoms with E-state index in [2.05, 4.69) is 26.8 Å². The van der Waals surface area contributed by atoms with Crippen LogP contribution in [0.25, 0.3) is 11.2 Å². The first-order valence-corrected chi connectivity index (χ1v) is 15.1. The first kappa shape index (κ1) is 30.4. The van der Waals surface area contributed by atoms with Crippen LogP contribution in [0.15, 0.2) is 29.1 Å². The number of thioether (sulfide) groups is 1. The van der Waals surface area contributed by atoms with E-state index in [1.165, 1.54) is 11.7 Å². The second kappa shape index (κ2) is 14.9. The molecule has 1 amide bonds. The highest BCUT2D eigenvalue weighted by Crippen LogP contribution is 2.19. The summed E-state index contributed by atoms with van der Waals surface area (Å²) in [5.41, 5.74) is 8.32. The number of anilines is 1. The molecule has 2 aromatic heterocycles. The molecule has 0 saturated carbocycles. The number of nitrogens with two attached hydrogens (primary N) is 1. The van der Waals surface area contributed by atoms with Gasteiger partial charge in [-0.15, -0.1) is 0 Å². The third-order valence-electron chi connectivity index (χ3n) is 6.96. The zero-order valence-corrected chi connectivity index (χ0v) is 24.6. The lowest BCUT2D eigenvalue weighted by Crippen LogP contribution is -2.43. The maximum absolute atomic E-state index is 13.4. The number of unbranched alkanes of at least 4 members (excludes halogenated alkanes) is 1. The van der Waals surface area contributed by atoms with Gasteiger partial charge in [-0.2, -0.15) is 21.7 Å². The predicted octanol–water partition coefficient (Wildman–Crippen LogP) is 2.06. The zero-order valence-electron chi connectivity index (χ0n) is 23.8. The summed E-state index contributed by atoms with van der Waals surface area (Å²) in [5, 5.41) is 0. The van der Waals surface area contributed by atoms with Crippen molar-refractivity contribution in [1.82, 2.24) is 29.3 Å². The van der Waals surface area contributed by atoms with Gasteiger partial charge in [0.05, 0.1) is 26.7 Å². The van der Waals surface area contributed by atoms with Crippen LogP contribution in [0.4, 0.5) is 5.82 Å². The second-order valence-corrected chi connectivity index (χ2v) is 11.2. The molecule has 0 aliphatic carbocycles. The highest BCUT2D eigenvalue weighted by molar-refractivity contribution is 7.99. The number of carbonyl (C=O) groups excluding carboxylic acids is 2. The van der Waals surface area contributed by atoms with E-state index in [9.17, 15) is 14.4 Å². The third kappa shape index (κ3) is 8.46. The number of H-pyrrole nitrogens is 1. The molecule has 13 heteroatoms. The Labute approximate surface area is 243 Å². The van der Waals surface area contributed by atoms with Crippen molar-refractivity contribution in [3.05, 3.63) is 45.9 Å². The fourth-order valence-electron chi connectivity index (χ4n) is 4.59. The van der Waals surface area contributed by atoms with E-state index in [4.69, 9.17) is 15.2 Å². The normalized spacial score (nSPS) is 13.8. The van der Waals surface area contributed by atoms with Crippen molar-refractivity contribution < 1.29 is 19.1 Å². The molecule has 3 aromatic rings. The van der Waals surface area contributed by atoms with Crippen LogP contribution >= 0.6 is 11.8 Å². The Hall–Kier alpha value is -3.58. The monoisotopic (exact) mass is 585 g/mol. The Balaban J connectivity index is 1.46. The van der Waals surface area contributed by atoms with E-state index in [-0.39, 0.29) is 35.8 Å². The van der Waals surface area contributed by atoms with Gasteiger partial charge in [-0.05, 0) is 24.0 Å². The van der Waals surface area contributed by atoms with Gasteiger partial charge in [-0.1, -0.05) is 37.6 Å². The first-order chi connectivity index (χ1) is 19.9. The highest BCUT2D eigenvalue weighted by Gasteiger charge is 2.21. The second-order valence-electron chi connectivity index (χ2n) is 10.0. The van der Waals surface area contributed by atoms with Crippen LogP contribution in [0.1, 0.15) is 37.3 Å². The number of nitrogens with one attached hydrogen (secondary N) is 1. The summed E-state index contributed by atoms with van der Waals surface area (Å²) >= 11 is 1.90. The van der Waals surface area contributed by atoms with Gasteiger partial charge in [0, 0.05) is 44.2 Å². The summed E-state index contributed by atoms with van der Waals surface area (Å²) in [6.45, 7) is 5.88. The summed E-state index contributed by atoms with van der Waals surface area (Å²) in [7, 11) is 1.37. The third-order valence-corrected chi connectivity index (χ3v) is 7.90. The van der Waals surface area contributed by atoms with Crippen LogP contribution in [-0.2, 0) is 33.8 Å². The molecule has 0 bridgehead atoms. The van der Waals surface area contributed by atoms with Crippen molar-refractivity contribution in [1.29, 1.82) is 0 Å². The molecule has 41 heavy (non-hydrogen) atoms. The lowest BCUT2D eigenvalue weighted by Gasteiger charge is -2.29. The van der Waals surface area contributed by atoms with E-state index >= 15 is 0 Å². The number of benzene rings is 1. The molecule has 0 unspecified atom stereocenters. The molecular formula is C28H39N7O5S. The van der Waals surface area contributed by atoms with Crippen LogP contribution < -0.4 is 16.2 Å². The Morgan fingerprint density at radius 3 is 2.56 bits per heavy atom. The van der Waals surface area contributed by atoms with Crippen LogP contribution in [0.5, 0.6) is 6.01 Å². The molecular weight excluding hydrogens is 546 g/mol. The number of ether oxygens (including phenoxy) is 2. The zero-order chi connectivity index (χ0) is 29.2. The molecule has 1 aromatic carbocycles. The molecule has 4 rings (SSSR count). The quantitative estimate of drug-likeness (QED) is 0.213. The fraction of sp³-hybridized carbons (Fsp3) is 0.536. The van der Waals surface area contributed by atoms with Gasteiger partial charge in [-0.25, -0.2) is 4.79 Å². The number of carbonyl (C=O) groups is 2. The molecule has 1 saturated heterocycles. The molecule has 1 fully saturated rings. The number of esters is 1. The molecule has 0 spiro atoms. The highest BCUT2D eigenvalue weighted by atomic mass is 32.2. The van der Waals surface area contributed by atoms with Crippen LogP contribution in [-0.4, -0.2) is 92.6 Å². The Morgan fingerprint density at radius 1 is 1.12 bits per heavy atom. The number of imidazole rings is 1. The standard InChI is InChI=1S/C28H39N7O5S/c1-3-4-14-40-27-31-25(29)24-26(32-27)35(28(38)30-24)11-5-10-34(22(36)19-33-12-15-41-16-13-33)18-21-8-6-20(7-9-21)17-23(37)39-2/h6-9H,3-5,10-19H2,1-2H3,(H,30,38)(H2,29,31,32). The van der Waals surface area contributed by atoms with E-state index < -0.39 is 0 Å². The van der Waals surface area contributed by atoms with Gasteiger partial charge in [-0.3, -0.25) is 19.1 Å². The lowest BCUT2D eigenvalue weighted by molar-refractivity contribution is -0.139. The molecule has 0 radical (unpaired) electrons. The fourth-order valence-corrected chi connectivity index (χ4v) is 5.57. The van der Waals surface area contributed by atoms with Gasteiger partial charge in [0.1, 0.15) is 5.52 Å². The van der Waals surface area contributed by atoms with Crippen molar-refractivity contribution in [3.8, 4) is 6.01 Å². The molecule has 1 aliphatic heterocycles. The number of amides is 1. The maximum atomic E-state index is 13.4. The number of fused-ring (bicyclic) bond motifs is 1. The molecule has 1 aliphatic rings. The number of aromatic amines is 1. The van der Waals surface area contributed by atoms with Crippen molar-refractivity contribution in [2.24, 2.45) is 0 Å². The average Bonchev–Trinajstić information content (AvgIpc) is 3.29. The molecule has 3 N–H and O–H groups in total. The Bertz CT molecular complexity index is 1370. The van der Waals surface area contributed by atoms with Crippen molar-refractivity contribution in [2.75, 3.05) is 57.1 Å². The van der Waals surface area contributed by atoms with Crippen molar-refractivity contribution >= 4 is 40.6 Å². The molecule has 222 valence electrons. The largest absolute Gasteiger partial charge is 0.469 e. The minimum Gasteiger partial charge on any atom is -0.469 e. The van der Waals surface area contributed by atoms with Crippen molar-refractivity contribution in [2.45, 2.75) is 45.7 Å². The summed E-state index contributed by atoms with van der Waals surface area (Å²) in [6.07, 6.45) is 2.56. The van der Waals surface area contributed by atoms with E-state index in [0.29, 0.717) is 50.4 Å². The number of aryl methyl sites for hydroxylation is 1. The SMILES string of the molecule is CCCCOc1nc(N)c2[nH]c(=O)n(CCCN(Cc3ccc(CC(=O)OC)cc3)C(=O)CN3CCSCC3)c2n1. The number of hydrogen-bond donors (Lipinski definition) is 2. The van der Waals surface area contributed by atoms with Crippen LogP contribution in [0, 0.1) is 0 Å². The minimum atomic E-state index is -0.336. The van der Waals surface area contributed by atoms with Gasteiger partial charge < -0.3 is 25.1 Å². The average molecular weight is 586 g/mol. The van der Waals surface area contributed by atoms with Gasteiger partial charge >= 0.3 is 17.7 Å². The Morgan fingerprint density at radius 2 is 1.85 bits per heavy atom. The number of nitrogens with zero attached hydrogens (tertiary/aromatic N) is 5. The first-order valence-electron chi connectivity index (χ1n) is 14.0. The lowest BCUT2D eigenvalue weighted by atomic mass is 10.1. The smallest absolute Gasteiger partial charge is 0.327 e. The molecule has 3 heterocycles. The van der Waals surface area contributed by atoms with Crippen LogP contribution in [0.3, 0.4) is 0 Å². The van der Waals surface area contributed by atoms with E-state index in [1.54, 1.807) is 0 Å². The summed E-state index contributed by atoms with van der Waals surface area (Å²) in [6, 6.07) is 7.77. The molecule has 0 atom stereocenters. The van der Waals surface area contributed by atoms with Gasteiger partial charge in [0.25, 0.3) is 0 Å². The maximum Gasteiger partial charge on any atom is 0.327 e. The topological polar surface area (TPSA) is 149 Å². The summed E-state index contributed by atoms with van der Waals surface area (Å²) in [4.78, 5) is 53.2. The number of methoxy groups -OCH3 is 1. The molecule has 12 nitrogen and oxygen atoms in total. The number of hydrogen-bond acceptors (Lipinski definition) is 10. The number of aromatic nitrogens is 4. The predicted molar refractivity (Wildman–Crippen MR) is 159 cm³/mol. The Kier molecular flexibility index (Phi) is 11.0. The minimum absolute atomic E-state index is 0.0417. The van der Waals surface area contributed by atoms with Gasteiger partial charge in [0.2, 0.25) is 5.91 Å². The van der Waals surface area contributed by atoms with E-state index in [1.807, 2.05) is 40.9 Å². The van der Waals surface area contributed by atoms with Crippen molar-refractivity contribution in [3.63, 3.8) is 0 Å². The van der Waals surface area contributed by atoms with Crippen LogP contribution in [0.2, 0.25) is 0 Å². The number of rotatable bonds is 14. The summed E-state index contributed by atoms with van der Waals surface area (Å²) < 4.78 is 11.9. The summed E-state index contributed by atoms with van der Waals surface area (Å²) in [5.74, 6) is 1.94. The number of nitrogen functional groups attached to an aromatic ring is 1. The van der Waals surface area contributed by atoms with Gasteiger partial charge in [0.15, 0.2) is 11.5 Å². The van der Waals surface area contributed by atoms with E-state index in [0.717, 1.165) is 48.6 Å².